The van der Waals surface area contributed by atoms with E-state index in [2.05, 4.69) is 94.5 Å². The minimum Gasteiger partial charge on any atom is -0.207 e. The second-order valence-electron chi connectivity index (χ2n) is 8.49. The van der Waals surface area contributed by atoms with Gasteiger partial charge >= 0.3 is 11.5 Å². The Kier molecular flexibility index (Phi) is 6.58. The number of hydrogen-bond donors (Lipinski definition) is 0. The zero-order valence-electron chi connectivity index (χ0n) is 18.6. The maximum atomic E-state index is 6.38. The van der Waals surface area contributed by atoms with Crippen molar-refractivity contribution >= 4 is 17.8 Å². The van der Waals surface area contributed by atoms with Gasteiger partial charge in [-0.2, -0.15) is 0 Å². The van der Waals surface area contributed by atoms with E-state index in [-0.39, 0.29) is 0 Å². The second kappa shape index (κ2) is 9.53. The molecule has 1 aliphatic rings. The minimum atomic E-state index is 0.503. The average molecular weight is 426 g/mol. The summed E-state index contributed by atoms with van der Waals surface area (Å²) in [5.74, 6) is 2.74. The van der Waals surface area contributed by atoms with Crippen LogP contribution in [0.2, 0.25) is 0 Å². The van der Waals surface area contributed by atoms with E-state index < -0.39 is 0 Å². The highest BCUT2D eigenvalue weighted by molar-refractivity contribution is 8.06. The molecule has 0 aliphatic carbocycles. The molecule has 0 fully saturated rings. The summed E-state index contributed by atoms with van der Waals surface area (Å²) in [6.07, 6.45) is 6.77. The standard InChI is InChI=1S/C29H29OS/c1-20(2)28-16-22(17-29(31-28)21(3)4)15-26-18-25(23-11-7-5-8-12-23)19-27(30-26)24-13-9-6-10-14-24/h5-21H,1-4H3/q+1. The van der Waals surface area contributed by atoms with Gasteiger partial charge in [0.1, 0.15) is 0 Å². The molecule has 2 heterocycles. The first-order chi connectivity index (χ1) is 15.0. The molecule has 1 aromatic heterocycles. The molecule has 0 spiro atoms. The van der Waals surface area contributed by atoms with E-state index >= 15 is 0 Å². The SMILES string of the molecule is CC(C)C1=CC(=Cc2cc(-c3ccccc3)cc(-c3ccccc3)[o+]2)C=C(C(C)C)S1. The summed E-state index contributed by atoms with van der Waals surface area (Å²) in [7, 11) is 0. The van der Waals surface area contributed by atoms with E-state index in [4.69, 9.17) is 4.42 Å². The van der Waals surface area contributed by atoms with Gasteiger partial charge in [-0.25, -0.2) is 4.42 Å². The lowest BCUT2D eigenvalue weighted by Gasteiger charge is -2.20. The number of benzene rings is 2. The van der Waals surface area contributed by atoms with Crippen molar-refractivity contribution in [3.8, 4) is 22.5 Å². The minimum absolute atomic E-state index is 0.503. The van der Waals surface area contributed by atoms with Gasteiger partial charge in [0.15, 0.2) is 0 Å². The van der Waals surface area contributed by atoms with Crippen molar-refractivity contribution in [3.63, 3.8) is 0 Å². The molecule has 0 saturated carbocycles. The Morgan fingerprint density at radius 3 is 1.77 bits per heavy atom. The molecule has 31 heavy (non-hydrogen) atoms. The summed E-state index contributed by atoms with van der Waals surface area (Å²) in [4.78, 5) is 2.81. The monoisotopic (exact) mass is 425 g/mol. The fraction of sp³-hybridized carbons (Fsp3) is 0.207. The Morgan fingerprint density at radius 1 is 0.677 bits per heavy atom. The molecule has 0 N–H and O–H groups in total. The van der Waals surface area contributed by atoms with Gasteiger partial charge in [-0.3, -0.25) is 0 Å². The van der Waals surface area contributed by atoms with Gasteiger partial charge in [-0.05, 0) is 57.1 Å². The van der Waals surface area contributed by atoms with E-state index in [0.29, 0.717) is 11.8 Å². The third-order valence-electron chi connectivity index (χ3n) is 5.28. The molecule has 0 atom stereocenters. The topological polar surface area (TPSA) is 11.3 Å². The van der Waals surface area contributed by atoms with Gasteiger partial charge in [-0.15, -0.1) is 0 Å². The predicted molar refractivity (Wildman–Crippen MR) is 135 cm³/mol. The van der Waals surface area contributed by atoms with Crippen molar-refractivity contribution in [3.05, 3.63) is 106 Å². The van der Waals surface area contributed by atoms with Gasteiger partial charge in [0.05, 0.1) is 23.8 Å². The van der Waals surface area contributed by atoms with Gasteiger partial charge in [0.2, 0.25) is 0 Å². The summed E-state index contributed by atoms with van der Waals surface area (Å²) in [6.45, 7) is 9.03. The molecular formula is C29H29OS+. The van der Waals surface area contributed by atoms with E-state index in [1.807, 2.05) is 36.0 Å². The van der Waals surface area contributed by atoms with Crippen LogP contribution in [0, 0.1) is 11.8 Å². The van der Waals surface area contributed by atoms with Crippen molar-refractivity contribution in [2.75, 3.05) is 0 Å². The smallest absolute Gasteiger partial charge is 0.207 e. The summed E-state index contributed by atoms with van der Waals surface area (Å²) in [6, 6.07) is 25.1. The molecule has 2 aromatic carbocycles. The molecule has 4 rings (SSSR count). The molecule has 1 aliphatic heterocycles. The Labute approximate surface area is 190 Å². The third kappa shape index (κ3) is 5.26. The average Bonchev–Trinajstić information content (AvgIpc) is 2.79. The summed E-state index contributed by atoms with van der Waals surface area (Å²) < 4.78 is 6.38. The van der Waals surface area contributed by atoms with Crippen molar-refractivity contribution in [1.29, 1.82) is 0 Å². The van der Waals surface area contributed by atoms with Gasteiger partial charge < -0.3 is 0 Å². The highest BCUT2D eigenvalue weighted by Crippen LogP contribution is 2.41. The Bertz CT molecular complexity index is 1050. The molecule has 2 heteroatoms. The number of rotatable bonds is 5. The first-order valence-corrected chi connectivity index (χ1v) is 11.7. The van der Waals surface area contributed by atoms with Crippen LogP contribution in [0.5, 0.6) is 0 Å². The zero-order valence-corrected chi connectivity index (χ0v) is 19.4. The molecular weight excluding hydrogens is 396 g/mol. The van der Waals surface area contributed by atoms with Crippen LogP contribution in [0.1, 0.15) is 33.5 Å². The van der Waals surface area contributed by atoms with Crippen LogP contribution in [-0.4, -0.2) is 0 Å². The van der Waals surface area contributed by atoms with Crippen LogP contribution >= 0.6 is 11.8 Å². The lowest BCUT2D eigenvalue weighted by atomic mass is 10.0. The quantitative estimate of drug-likeness (QED) is 0.378. The lowest BCUT2D eigenvalue weighted by molar-refractivity contribution is 0.555. The highest BCUT2D eigenvalue weighted by Gasteiger charge is 2.20. The van der Waals surface area contributed by atoms with Crippen molar-refractivity contribution in [2.45, 2.75) is 27.7 Å². The second-order valence-corrected chi connectivity index (χ2v) is 9.64. The summed E-state index contributed by atoms with van der Waals surface area (Å²) in [5.41, 5.74) is 4.62. The third-order valence-corrected chi connectivity index (χ3v) is 6.93. The molecule has 1 nitrogen and oxygen atoms in total. The Balaban J connectivity index is 1.84. The van der Waals surface area contributed by atoms with Crippen LogP contribution in [0.3, 0.4) is 0 Å². The van der Waals surface area contributed by atoms with Gasteiger partial charge in [0, 0.05) is 5.56 Å². The van der Waals surface area contributed by atoms with Crippen LogP contribution < -0.4 is 0 Å². The fourth-order valence-electron chi connectivity index (χ4n) is 3.52. The van der Waals surface area contributed by atoms with Crippen LogP contribution in [0.15, 0.2) is 105 Å². The van der Waals surface area contributed by atoms with E-state index in [1.54, 1.807) is 0 Å². The lowest BCUT2D eigenvalue weighted by Crippen LogP contribution is -2.00. The molecule has 0 saturated heterocycles. The van der Waals surface area contributed by atoms with E-state index in [9.17, 15) is 0 Å². The number of hydrogen-bond acceptors (Lipinski definition) is 1. The van der Waals surface area contributed by atoms with Crippen LogP contribution in [0.4, 0.5) is 0 Å². The van der Waals surface area contributed by atoms with Crippen molar-refractivity contribution < 1.29 is 4.42 Å². The highest BCUT2D eigenvalue weighted by atomic mass is 32.2. The molecule has 0 amide bonds. The predicted octanol–water partition coefficient (Wildman–Crippen LogP) is 9.10. The fourth-order valence-corrected chi connectivity index (χ4v) is 4.65. The van der Waals surface area contributed by atoms with Gasteiger partial charge in [-0.1, -0.05) is 88.0 Å². The maximum Gasteiger partial charge on any atom is 0.361 e. The molecule has 0 radical (unpaired) electrons. The molecule has 0 bridgehead atoms. The number of thioether (sulfide) groups is 1. The van der Waals surface area contributed by atoms with E-state index in [0.717, 1.165) is 22.6 Å². The Morgan fingerprint density at radius 2 is 1.23 bits per heavy atom. The zero-order chi connectivity index (χ0) is 21.8. The molecule has 0 unspecified atom stereocenters. The van der Waals surface area contributed by atoms with Gasteiger partial charge in [0.25, 0.3) is 0 Å². The summed E-state index contributed by atoms with van der Waals surface area (Å²) in [5, 5.41) is 0. The number of allylic oxidation sites excluding steroid dienone is 5. The summed E-state index contributed by atoms with van der Waals surface area (Å²) >= 11 is 1.91. The maximum absolute atomic E-state index is 6.38. The first kappa shape index (κ1) is 21.4. The normalized spacial score (nSPS) is 13.9. The Hall–Kier alpha value is -2.84. The van der Waals surface area contributed by atoms with Crippen LogP contribution in [-0.2, 0) is 0 Å². The molecule has 156 valence electrons. The van der Waals surface area contributed by atoms with Crippen LogP contribution in [0.25, 0.3) is 28.5 Å². The molecule has 3 aromatic rings. The van der Waals surface area contributed by atoms with Crippen molar-refractivity contribution in [2.24, 2.45) is 11.8 Å². The van der Waals surface area contributed by atoms with E-state index in [1.165, 1.54) is 20.9 Å². The van der Waals surface area contributed by atoms with Crippen molar-refractivity contribution in [1.82, 2.24) is 0 Å². The first-order valence-electron chi connectivity index (χ1n) is 10.9. The largest absolute Gasteiger partial charge is 0.361 e.